The van der Waals surface area contributed by atoms with Crippen molar-refractivity contribution in [3.8, 4) is 16.9 Å². The first-order valence-corrected chi connectivity index (χ1v) is 13.3. The van der Waals surface area contributed by atoms with E-state index in [-0.39, 0.29) is 5.78 Å². The molecule has 5 nitrogen and oxygen atoms in total. The topological polar surface area (TPSA) is 61.2 Å². The maximum Gasteiger partial charge on any atom is 0.160 e. The molecule has 0 aliphatic rings. The van der Waals surface area contributed by atoms with Crippen molar-refractivity contribution in [2.75, 3.05) is 7.11 Å². The highest BCUT2D eigenvalue weighted by Gasteiger charge is 2.10. The molecule has 0 bridgehead atoms. The molecule has 0 fully saturated rings. The molecule has 0 spiro atoms. The molecule has 36 heavy (non-hydrogen) atoms. The number of allylic oxidation sites excluding steroid dienone is 1. The second-order valence-electron chi connectivity index (χ2n) is 8.54. The van der Waals surface area contributed by atoms with E-state index in [0.717, 1.165) is 51.6 Å². The number of hydrogen-bond donors (Lipinski definition) is 0. The van der Waals surface area contributed by atoms with Gasteiger partial charge in [-0.3, -0.25) is 9.00 Å². The summed E-state index contributed by atoms with van der Waals surface area (Å²) < 4.78 is 20.1. The minimum atomic E-state index is -1.16. The van der Waals surface area contributed by atoms with Gasteiger partial charge in [-0.25, -0.2) is 4.98 Å². The molecule has 1 atom stereocenters. The number of benzene rings is 3. The van der Waals surface area contributed by atoms with E-state index in [1.54, 1.807) is 25.7 Å². The lowest BCUT2D eigenvalue weighted by Gasteiger charge is -2.07. The Labute approximate surface area is 214 Å². The molecule has 1 heterocycles. The van der Waals surface area contributed by atoms with Gasteiger partial charge >= 0.3 is 0 Å². The van der Waals surface area contributed by atoms with Crippen LogP contribution < -0.4 is 4.74 Å². The second kappa shape index (κ2) is 12.3. The number of aryl methyl sites for hydroxylation is 1. The van der Waals surface area contributed by atoms with Gasteiger partial charge in [-0.1, -0.05) is 55.5 Å². The van der Waals surface area contributed by atoms with Gasteiger partial charge in [-0.15, -0.1) is 0 Å². The van der Waals surface area contributed by atoms with E-state index in [4.69, 9.17) is 4.74 Å². The minimum absolute atomic E-state index is 0.0159. The monoisotopic (exact) mass is 498 g/mol. The first-order valence-electron chi connectivity index (χ1n) is 12.0. The molecule has 0 saturated heterocycles. The minimum Gasteiger partial charge on any atom is -0.497 e. The second-order valence-corrected chi connectivity index (χ2v) is 9.99. The van der Waals surface area contributed by atoms with E-state index < -0.39 is 10.8 Å². The van der Waals surface area contributed by atoms with Gasteiger partial charge in [0.25, 0.3) is 0 Å². The number of carbonyl (C=O) groups excluding carboxylic acids is 1. The van der Waals surface area contributed by atoms with E-state index in [1.165, 1.54) is 0 Å². The predicted octanol–water partition coefficient (Wildman–Crippen LogP) is 6.10. The van der Waals surface area contributed by atoms with Crippen LogP contribution in [0.1, 0.15) is 30.2 Å². The lowest BCUT2D eigenvalue weighted by Crippen LogP contribution is -2.05. The van der Waals surface area contributed by atoms with Crippen molar-refractivity contribution >= 4 is 22.7 Å². The van der Waals surface area contributed by atoms with Crippen LogP contribution in [0.25, 0.3) is 17.2 Å². The number of methoxy groups -OCH3 is 1. The van der Waals surface area contributed by atoms with Gasteiger partial charge in [0.2, 0.25) is 0 Å². The molecule has 4 aromatic rings. The lowest BCUT2D eigenvalue weighted by atomic mass is 10.0. The summed E-state index contributed by atoms with van der Waals surface area (Å²) in [7, 11) is 0.489. The predicted molar refractivity (Wildman–Crippen MR) is 145 cm³/mol. The third-order valence-corrected chi connectivity index (χ3v) is 7.23. The quantitative estimate of drug-likeness (QED) is 0.234. The van der Waals surface area contributed by atoms with E-state index in [9.17, 15) is 9.00 Å². The van der Waals surface area contributed by atoms with Crippen LogP contribution in [-0.4, -0.2) is 26.7 Å². The Kier molecular flexibility index (Phi) is 8.63. The number of carbonyl (C=O) groups is 1. The van der Waals surface area contributed by atoms with Gasteiger partial charge in [0, 0.05) is 24.1 Å². The zero-order valence-electron chi connectivity index (χ0n) is 20.6. The Hall–Kier alpha value is -3.77. The summed E-state index contributed by atoms with van der Waals surface area (Å²) in [6.45, 7) is 2.97. The number of nitrogens with zero attached hydrogens (tertiary/aromatic N) is 2. The van der Waals surface area contributed by atoms with Crippen LogP contribution in [-0.2, 0) is 34.3 Å². The van der Waals surface area contributed by atoms with Gasteiger partial charge in [0.1, 0.15) is 5.75 Å². The van der Waals surface area contributed by atoms with Gasteiger partial charge in [-0.2, -0.15) is 0 Å². The molecule has 0 amide bonds. The summed E-state index contributed by atoms with van der Waals surface area (Å²) in [5.41, 5.74) is 4.99. The Morgan fingerprint density at radius 3 is 2.53 bits per heavy atom. The summed E-state index contributed by atoms with van der Waals surface area (Å²) in [6, 6.07) is 23.4. The SMILES string of the molecule is CCCn1cncc1C[S@](=O)c1ccc(CC(=O)/C=C/c2cccc(-c3ccc(OC)cc3)c2)cc1. The number of ketones is 1. The summed E-state index contributed by atoms with van der Waals surface area (Å²) in [5, 5.41) is 0. The van der Waals surface area contributed by atoms with Crippen LogP contribution >= 0.6 is 0 Å². The van der Waals surface area contributed by atoms with Crippen LogP contribution in [0, 0.1) is 0 Å². The van der Waals surface area contributed by atoms with Gasteiger partial charge in [0.05, 0.1) is 35.7 Å². The molecule has 0 saturated carbocycles. The summed E-state index contributed by atoms with van der Waals surface area (Å²) >= 11 is 0. The van der Waals surface area contributed by atoms with Crippen molar-refractivity contribution in [2.24, 2.45) is 0 Å². The summed E-state index contributed by atoms with van der Waals surface area (Å²) in [6.07, 6.45) is 8.33. The molecule has 0 N–H and O–H groups in total. The van der Waals surface area contributed by atoms with Crippen molar-refractivity contribution < 1.29 is 13.7 Å². The fraction of sp³-hybridized carbons (Fsp3) is 0.200. The Morgan fingerprint density at radius 1 is 1.03 bits per heavy atom. The van der Waals surface area contributed by atoms with E-state index in [1.807, 2.05) is 77.4 Å². The van der Waals surface area contributed by atoms with Crippen LogP contribution in [0.15, 0.2) is 96.3 Å². The highest BCUT2D eigenvalue weighted by atomic mass is 32.2. The maximum atomic E-state index is 12.8. The third kappa shape index (κ3) is 6.67. The van der Waals surface area contributed by atoms with Crippen molar-refractivity contribution in [2.45, 2.75) is 37.0 Å². The van der Waals surface area contributed by atoms with Crippen LogP contribution in [0.3, 0.4) is 0 Å². The van der Waals surface area contributed by atoms with E-state index in [2.05, 4.69) is 18.0 Å². The molecule has 0 radical (unpaired) electrons. The zero-order valence-corrected chi connectivity index (χ0v) is 21.4. The van der Waals surface area contributed by atoms with Gasteiger partial charge in [-0.05, 0) is 65.1 Å². The van der Waals surface area contributed by atoms with E-state index >= 15 is 0 Å². The number of rotatable bonds is 11. The van der Waals surface area contributed by atoms with Crippen molar-refractivity contribution in [3.05, 3.63) is 108 Å². The smallest absolute Gasteiger partial charge is 0.160 e. The van der Waals surface area contributed by atoms with Gasteiger partial charge in [0.15, 0.2) is 5.78 Å². The molecule has 0 aliphatic heterocycles. The van der Waals surface area contributed by atoms with Crippen molar-refractivity contribution in [1.29, 1.82) is 0 Å². The van der Waals surface area contributed by atoms with Crippen LogP contribution in [0.5, 0.6) is 5.75 Å². The fourth-order valence-corrected chi connectivity index (χ4v) is 5.06. The van der Waals surface area contributed by atoms with Gasteiger partial charge < -0.3 is 9.30 Å². The van der Waals surface area contributed by atoms with Crippen molar-refractivity contribution in [3.63, 3.8) is 0 Å². The molecule has 0 aliphatic carbocycles. The highest BCUT2D eigenvalue weighted by Crippen LogP contribution is 2.23. The largest absolute Gasteiger partial charge is 0.497 e. The summed E-state index contributed by atoms with van der Waals surface area (Å²) in [4.78, 5) is 17.5. The molecular formula is C30H30N2O3S. The molecule has 3 aromatic carbocycles. The van der Waals surface area contributed by atoms with Crippen molar-refractivity contribution in [1.82, 2.24) is 9.55 Å². The maximum absolute atomic E-state index is 12.8. The Bertz CT molecular complexity index is 1360. The van der Waals surface area contributed by atoms with E-state index in [0.29, 0.717) is 12.2 Å². The molecule has 6 heteroatoms. The molecule has 184 valence electrons. The Morgan fingerprint density at radius 2 is 1.81 bits per heavy atom. The number of imidazole rings is 1. The standard InChI is InChI=1S/C30H30N2O3S/c1-3-17-32-22-31-20-27(32)21-36(34)30-15-8-24(9-16-30)19-28(33)12-7-23-5-4-6-26(18-23)25-10-13-29(35-2)14-11-25/h4-16,18,20,22H,3,17,19,21H2,1-2H3/b12-7+/t36-/m0/s1. The normalized spacial score (nSPS) is 12.1. The molecule has 4 rings (SSSR count). The highest BCUT2D eigenvalue weighted by molar-refractivity contribution is 7.84. The number of ether oxygens (including phenoxy) is 1. The lowest BCUT2D eigenvalue weighted by molar-refractivity contribution is -0.113. The molecular weight excluding hydrogens is 468 g/mol. The molecule has 1 aromatic heterocycles. The summed E-state index contributed by atoms with van der Waals surface area (Å²) in [5.74, 6) is 1.26. The average Bonchev–Trinajstić information content (AvgIpc) is 3.34. The zero-order chi connectivity index (χ0) is 25.3. The first-order chi connectivity index (χ1) is 17.6. The fourth-order valence-electron chi connectivity index (χ4n) is 3.94. The molecule has 0 unspecified atom stereocenters. The number of aromatic nitrogens is 2. The first kappa shape index (κ1) is 25.3. The Balaban J connectivity index is 1.35. The average molecular weight is 499 g/mol. The van der Waals surface area contributed by atoms with Crippen LogP contribution in [0.4, 0.5) is 0 Å². The number of hydrogen-bond acceptors (Lipinski definition) is 4. The van der Waals surface area contributed by atoms with Crippen LogP contribution in [0.2, 0.25) is 0 Å². The third-order valence-electron chi connectivity index (χ3n) is 5.88.